The highest BCUT2D eigenvalue weighted by atomic mass is 16.7. The van der Waals surface area contributed by atoms with Crippen molar-refractivity contribution in [3.8, 4) is 0 Å². The summed E-state index contributed by atoms with van der Waals surface area (Å²) in [5.74, 6) is -0.465. The quantitative estimate of drug-likeness (QED) is 0.738. The van der Waals surface area contributed by atoms with Gasteiger partial charge < -0.3 is 24.1 Å². The lowest BCUT2D eigenvalue weighted by molar-refractivity contribution is -0.301. The van der Waals surface area contributed by atoms with Crippen LogP contribution in [-0.4, -0.2) is 41.8 Å². The zero-order chi connectivity index (χ0) is 19.9. The fourth-order valence-corrected chi connectivity index (χ4v) is 3.26. The minimum absolute atomic E-state index is 0.253. The van der Waals surface area contributed by atoms with Gasteiger partial charge in [0, 0.05) is 6.92 Å². The third-order valence-corrected chi connectivity index (χ3v) is 4.62. The predicted octanol–water partition coefficient (Wildman–Crippen LogP) is 2.83. The fraction of sp³-hybridized carbons (Fsp3) is 0.409. The van der Waals surface area contributed by atoms with Crippen molar-refractivity contribution in [2.75, 3.05) is 0 Å². The molecule has 1 fully saturated rings. The van der Waals surface area contributed by atoms with Gasteiger partial charge in [0.2, 0.25) is 0 Å². The van der Waals surface area contributed by atoms with Gasteiger partial charge in [-0.1, -0.05) is 60.7 Å². The summed E-state index contributed by atoms with van der Waals surface area (Å²) in [5.41, 5.74) is 1.93. The number of rotatable bonds is 7. The molecule has 28 heavy (non-hydrogen) atoms. The maximum Gasteiger partial charge on any atom is 0.303 e. The van der Waals surface area contributed by atoms with Gasteiger partial charge in [-0.3, -0.25) is 4.79 Å². The van der Waals surface area contributed by atoms with Crippen molar-refractivity contribution >= 4 is 5.97 Å². The summed E-state index contributed by atoms with van der Waals surface area (Å²) in [4.78, 5) is 11.7. The lowest BCUT2D eigenvalue weighted by Crippen LogP contribution is -2.59. The fourth-order valence-electron chi connectivity index (χ4n) is 3.26. The normalized spacial score (nSPS) is 27.3. The predicted molar refractivity (Wildman–Crippen MR) is 102 cm³/mol. The van der Waals surface area contributed by atoms with Crippen LogP contribution in [0.15, 0.2) is 60.7 Å². The van der Waals surface area contributed by atoms with Gasteiger partial charge in [0.25, 0.3) is 0 Å². The molecule has 0 aromatic heterocycles. The Hall–Kier alpha value is -2.25. The minimum Gasteiger partial charge on any atom is -0.457 e. The van der Waals surface area contributed by atoms with Crippen molar-refractivity contribution in [2.45, 2.75) is 57.8 Å². The van der Waals surface area contributed by atoms with Crippen LogP contribution in [0.2, 0.25) is 0 Å². The first kappa shape index (κ1) is 20.5. The van der Waals surface area contributed by atoms with Gasteiger partial charge in [0.1, 0.15) is 12.2 Å². The summed E-state index contributed by atoms with van der Waals surface area (Å²) in [7, 11) is 0. The molecule has 150 valence electrons. The van der Waals surface area contributed by atoms with Gasteiger partial charge in [-0.25, -0.2) is 0 Å². The smallest absolute Gasteiger partial charge is 0.303 e. The van der Waals surface area contributed by atoms with E-state index in [1.807, 2.05) is 60.7 Å². The van der Waals surface area contributed by atoms with Crippen LogP contribution in [0.3, 0.4) is 0 Å². The summed E-state index contributed by atoms with van der Waals surface area (Å²) in [5, 5.41) is 10.4. The van der Waals surface area contributed by atoms with Gasteiger partial charge >= 0.3 is 5.97 Å². The number of ether oxygens (including phenoxy) is 4. The van der Waals surface area contributed by atoms with Crippen LogP contribution in [0.25, 0.3) is 0 Å². The number of carbonyl (C=O) groups is 1. The average Bonchev–Trinajstić information content (AvgIpc) is 2.68. The van der Waals surface area contributed by atoms with E-state index in [9.17, 15) is 9.90 Å². The highest BCUT2D eigenvalue weighted by molar-refractivity contribution is 5.66. The summed E-state index contributed by atoms with van der Waals surface area (Å²) >= 11 is 0. The van der Waals surface area contributed by atoms with Crippen LogP contribution in [0.1, 0.15) is 25.0 Å². The van der Waals surface area contributed by atoms with E-state index < -0.39 is 36.7 Å². The molecule has 3 rings (SSSR count). The van der Waals surface area contributed by atoms with Crippen LogP contribution >= 0.6 is 0 Å². The molecule has 1 heterocycles. The molecule has 0 saturated carbocycles. The Morgan fingerprint density at radius 2 is 1.39 bits per heavy atom. The zero-order valence-corrected chi connectivity index (χ0v) is 16.1. The summed E-state index contributed by atoms with van der Waals surface area (Å²) < 4.78 is 23.0. The molecule has 0 radical (unpaired) electrons. The number of hydrogen-bond acceptors (Lipinski definition) is 6. The third kappa shape index (κ3) is 5.39. The molecule has 6 nitrogen and oxygen atoms in total. The molecule has 0 spiro atoms. The second-order valence-corrected chi connectivity index (χ2v) is 6.83. The van der Waals surface area contributed by atoms with Crippen molar-refractivity contribution in [1.82, 2.24) is 0 Å². The van der Waals surface area contributed by atoms with E-state index in [2.05, 4.69) is 0 Å². The van der Waals surface area contributed by atoms with Gasteiger partial charge in [-0.05, 0) is 18.1 Å². The van der Waals surface area contributed by atoms with Crippen molar-refractivity contribution in [3.63, 3.8) is 0 Å². The number of hydrogen-bond donors (Lipinski definition) is 1. The second kappa shape index (κ2) is 9.80. The molecule has 2 aromatic carbocycles. The number of carbonyl (C=O) groups excluding carboxylic acids is 1. The van der Waals surface area contributed by atoms with Crippen molar-refractivity contribution in [2.24, 2.45) is 0 Å². The Kier molecular flexibility index (Phi) is 7.17. The molecule has 0 aliphatic carbocycles. The van der Waals surface area contributed by atoms with Gasteiger partial charge in [-0.2, -0.15) is 0 Å². The molecule has 1 aliphatic rings. The van der Waals surface area contributed by atoms with E-state index in [4.69, 9.17) is 18.9 Å². The molecule has 1 aliphatic heterocycles. The molecule has 0 unspecified atom stereocenters. The maximum atomic E-state index is 11.7. The minimum atomic E-state index is -1.22. The number of benzene rings is 2. The summed E-state index contributed by atoms with van der Waals surface area (Å²) in [6.07, 6.45) is -3.92. The van der Waals surface area contributed by atoms with E-state index in [1.54, 1.807) is 6.92 Å². The monoisotopic (exact) mass is 386 g/mol. The maximum absolute atomic E-state index is 11.7. The molecule has 6 heteroatoms. The number of esters is 1. The SMILES string of the molecule is CC(=O)O[C@@H]1[C@H](OCc2ccccc2)[C@H](C)O[C@@H](O)[C@H]1OCc1ccccc1. The molecule has 0 bridgehead atoms. The van der Waals surface area contributed by atoms with Crippen LogP contribution in [0, 0.1) is 0 Å². The first-order valence-electron chi connectivity index (χ1n) is 9.36. The Morgan fingerprint density at radius 1 is 0.893 bits per heavy atom. The molecular weight excluding hydrogens is 360 g/mol. The van der Waals surface area contributed by atoms with Crippen LogP contribution < -0.4 is 0 Å². The number of aliphatic hydroxyl groups excluding tert-OH is 1. The summed E-state index contributed by atoms with van der Waals surface area (Å²) in [6, 6.07) is 19.3. The second-order valence-electron chi connectivity index (χ2n) is 6.83. The van der Waals surface area contributed by atoms with E-state index in [0.717, 1.165) is 11.1 Å². The number of aliphatic hydroxyl groups is 1. The molecule has 2 aromatic rings. The Morgan fingerprint density at radius 3 is 1.89 bits per heavy atom. The largest absolute Gasteiger partial charge is 0.457 e. The standard InChI is InChI=1S/C22H26O6/c1-15-19(25-13-17-9-5-3-6-10-17)20(28-16(2)23)21(22(24)27-15)26-14-18-11-7-4-8-12-18/h3-12,15,19-22,24H,13-14H2,1-2H3/t15-,19+,20+,21-,22+/m0/s1. The molecule has 1 N–H and O–H groups in total. The lowest BCUT2D eigenvalue weighted by Gasteiger charge is -2.42. The van der Waals surface area contributed by atoms with E-state index in [0.29, 0.717) is 6.61 Å². The highest BCUT2D eigenvalue weighted by Crippen LogP contribution is 2.28. The van der Waals surface area contributed by atoms with Crippen molar-refractivity contribution in [3.05, 3.63) is 71.8 Å². The first-order chi connectivity index (χ1) is 13.5. The van der Waals surface area contributed by atoms with Crippen molar-refractivity contribution < 1.29 is 28.8 Å². The first-order valence-corrected chi connectivity index (χ1v) is 9.36. The van der Waals surface area contributed by atoms with Gasteiger partial charge in [-0.15, -0.1) is 0 Å². The summed E-state index contributed by atoms with van der Waals surface area (Å²) in [6.45, 7) is 3.69. The Bertz CT molecular complexity index is 680. The Labute approximate surface area is 165 Å². The zero-order valence-electron chi connectivity index (χ0n) is 16.1. The van der Waals surface area contributed by atoms with Crippen LogP contribution in [-0.2, 0) is 37.0 Å². The highest BCUT2D eigenvalue weighted by Gasteiger charge is 2.47. The van der Waals surface area contributed by atoms with Crippen LogP contribution in [0.5, 0.6) is 0 Å². The third-order valence-electron chi connectivity index (χ3n) is 4.62. The van der Waals surface area contributed by atoms with E-state index in [-0.39, 0.29) is 6.61 Å². The van der Waals surface area contributed by atoms with Crippen molar-refractivity contribution in [1.29, 1.82) is 0 Å². The molecular formula is C22H26O6. The van der Waals surface area contributed by atoms with E-state index >= 15 is 0 Å². The van der Waals surface area contributed by atoms with E-state index in [1.165, 1.54) is 6.92 Å². The molecule has 0 amide bonds. The molecule has 5 atom stereocenters. The Balaban J connectivity index is 1.73. The van der Waals surface area contributed by atoms with Crippen LogP contribution in [0.4, 0.5) is 0 Å². The van der Waals surface area contributed by atoms with Gasteiger partial charge in [0.05, 0.1) is 19.3 Å². The lowest BCUT2D eigenvalue weighted by atomic mass is 9.99. The molecule has 1 saturated heterocycles. The average molecular weight is 386 g/mol. The topological polar surface area (TPSA) is 74.2 Å². The van der Waals surface area contributed by atoms with Gasteiger partial charge in [0.15, 0.2) is 12.4 Å².